The quantitative estimate of drug-likeness (QED) is 0.609. The third-order valence-electron chi connectivity index (χ3n) is 2.70. The summed E-state index contributed by atoms with van der Waals surface area (Å²) in [4.78, 5) is 13.6. The van der Waals surface area contributed by atoms with Crippen LogP contribution in [-0.2, 0) is 14.3 Å². The first-order chi connectivity index (χ1) is 6.81. The van der Waals surface area contributed by atoms with Crippen LogP contribution in [-0.4, -0.2) is 56.4 Å². The van der Waals surface area contributed by atoms with Crippen molar-refractivity contribution in [3.8, 4) is 0 Å². The number of carbonyl (C=O) groups is 1. The predicted octanol–water partition coefficient (Wildman–Crippen LogP) is -1.18. The van der Waals surface area contributed by atoms with Gasteiger partial charge in [-0.3, -0.25) is 4.79 Å². The molecule has 5 nitrogen and oxygen atoms in total. The summed E-state index contributed by atoms with van der Waals surface area (Å²) in [5.41, 5.74) is 5.50. The van der Waals surface area contributed by atoms with E-state index in [1.807, 2.05) is 4.90 Å². The maximum Gasteiger partial charge on any atom is 0.230 e. The molecule has 1 unspecified atom stereocenters. The number of carbonyl (C=O) groups excluding carboxylic acids is 1. The fourth-order valence-electron chi connectivity index (χ4n) is 1.70. The Balaban J connectivity index is 1.86. The fourth-order valence-corrected chi connectivity index (χ4v) is 1.70. The van der Waals surface area contributed by atoms with E-state index in [1.54, 1.807) is 0 Å². The molecule has 2 rings (SSSR count). The Morgan fingerprint density at radius 1 is 1.50 bits per heavy atom. The van der Waals surface area contributed by atoms with Crippen LogP contribution in [0.3, 0.4) is 0 Å². The highest BCUT2D eigenvalue weighted by molar-refractivity contribution is 5.79. The summed E-state index contributed by atoms with van der Waals surface area (Å²) in [5, 5.41) is 0. The Bertz CT molecular complexity index is 218. The normalized spacial score (nSPS) is 28.6. The van der Waals surface area contributed by atoms with Gasteiger partial charge in [-0.1, -0.05) is 0 Å². The second-order valence-corrected chi connectivity index (χ2v) is 3.75. The number of morpholine rings is 1. The second kappa shape index (κ2) is 4.25. The number of amides is 1. The number of nitrogens with zero attached hydrogens (tertiary/aromatic N) is 1. The van der Waals surface area contributed by atoms with Crippen LogP contribution < -0.4 is 5.73 Å². The van der Waals surface area contributed by atoms with E-state index >= 15 is 0 Å². The summed E-state index contributed by atoms with van der Waals surface area (Å²) in [5.74, 6) is 0.268. The molecular formula is C9H16N2O3. The maximum atomic E-state index is 11.8. The number of ether oxygens (including phenoxy) is 2. The number of nitrogens with two attached hydrogens (primary N) is 1. The summed E-state index contributed by atoms with van der Waals surface area (Å²) >= 11 is 0. The summed E-state index contributed by atoms with van der Waals surface area (Å²) in [6.45, 7) is 3.54. The minimum atomic E-state index is 0.00805. The molecule has 1 atom stereocenters. The molecule has 1 amide bonds. The van der Waals surface area contributed by atoms with Gasteiger partial charge in [0, 0.05) is 19.6 Å². The minimum Gasteiger partial charge on any atom is -0.380 e. The molecule has 5 heteroatoms. The molecule has 2 N–H and O–H groups in total. The summed E-state index contributed by atoms with van der Waals surface area (Å²) in [7, 11) is 0. The van der Waals surface area contributed by atoms with Crippen molar-refractivity contribution >= 4 is 5.91 Å². The van der Waals surface area contributed by atoms with E-state index in [4.69, 9.17) is 15.2 Å². The molecule has 0 aromatic heterocycles. The summed E-state index contributed by atoms with van der Waals surface area (Å²) in [6.07, 6.45) is 0.00805. The fraction of sp³-hybridized carbons (Fsp3) is 0.889. The van der Waals surface area contributed by atoms with Crippen molar-refractivity contribution in [3.63, 3.8) is 0 Å². The standard InChI is InChI=1S/C9H16N2O3/c10-3-8-4-11(1-2-14-8)9(12)7-5-13-6-7/h7-8H,1-6,10H2. The first-order valence-corrected chi connectivity index (χ1v) is 4.99. The van der Waals surface area contributed by atoms with E-state index in [0.29, 0.717) is 39.5 Å². The Labute approximate surface area is 83.1 Å². The molecule has 2 aliphatic rings. The van der Waals surface area contributed by atoms with Crippen molar-refractivity contribution in [2.45, 2.75) is 6.10 Å². The van der Waals surface area contributed by atoms with Gasteiger partial charge in [0.05, 0.1) is 31.8 Å². The van der Waals surface area contributed by atoms with Crippen LogP contribution in [0.2, 0.25) is 0 Å². The lowest BCUT2D eigenvalue weighted by Gasteiger charge is -2.36. The first-order valence-electron chi connectivity index (χ1n) is 4.99. The minimum absolute atomic E-state index is 0.00805. The predicted molar refractivity (Wildman–Crippen MR) is 49.7 cm³/mol. The molecule has 14 heavy (non-hydrogen) atoms. The zero-order valence-corrected chi connectivity index (χ0v) is 8.15. The average molecular weight is 200 g/mol. The van der Waals surface area contributed by atoms with Crippen LogP contribution in [0.25, 0.3) is 0 Å². The van der Waals surface area contributed by atoms with Gasteiger partial charge < -0.3 is 20.1 Å². The Morgan fingerprint density at radius 3 is 2.86 bits per heavy atom. The lowest BCUT2D eigenvalue weighted by atomic mass is 10.1. The summed E-state index contributed by atoms with van der Waals surface area (Å²) in [6, 6.07) is 0. The molecule has 0 aromatic rings. The smallest absolute Gasteiger partial charge is 0.230 e. The highest BCUT2D eigenvalue weighted by atomic mass is 16.5. The maximum absolute atomic E-state index is 11.8. The first kappa shape index (κ1) is 9.89. The SMILES string of the molecule is NCC1CN(C(=O)C2COC2)CCO1. The Morgan fingerprint density at radius 2 is 2.29 bits per heavy atom. The topological polar surface area (TPSA) is 64.8 Å². The third-order valence-corrected chi connectivity index (χ3v) is 2.70. The van der Waals surface area contributed by atoms with Gasteiger partial charge in [0.25, 0.3) is 0 Å². The molecule has 0 radical (unpaired) electrons. The van der Waals surface area contributed by atoms with Gasteiger partial charge in [0.1, 0.15) is 0 Å². The van der Waals surface area contributed by atoms with Crippen LogP contribution >= 0.6 is 0 Å². The number of hydrogen-bond acceptors (Lipinski definition) is 4. The monoisotopic (exact) mass is 200 g/mol. The van der Waals surface area contributed by atoms with Crippen molar-refractivity contribution in [1.29, 1.82) is 0 Å². The van der Waals surface area contributed by atoms with Gasteiger partial charge in [-0.15, -0.1) is 0 Å². The molecule has 80 valence electrons. The number of hydrogen-bond donors (Lipinski definition) is 1. The van der Waals surface area contributed by atoms with Crippen molar-refractivity contribution < 1.29 is 14.3 Å². The average Bonchev–Trinajstić information content (AvgIpc) is 2.15. The van der Waals surface area contributed by atoms with Gasteiger partial charge in [-0.25, -0.2) is 0 Å². The molecule has 0 bridgehead atoms. The van der Waals surface area contributed by atoms with Crippen molar-refractivity contribution in [2.75, 3.05) is 39.5 Å². The van der Waals surface area contributed by atoms with Crippen LogP contribution in [0.4, 0.5) is 0 Å². The van der Waals surface area contributed by atoms with E-state index in [0.717, 1.165) is 0 Å². The van der Waals surface area contributed by atoms with Gasteiger partial charge in [-0.05, 0) is 0 Å². The lowest BCUT2D eigenvalue weighted by Crippen LogP contribution is -2.52. The van der Waals surface area contributed by atoms with Crippen LogP contribution in [0.15, 0.2) is 0 Å². The Hall–Kier alpha value is -0.650. The molecule has 2 saturated heterocycles. The highest BCUT2D eigenvalue weighted by Gasteiger charge is 2.32. The van der Waals surface area contributed by atoms with Gasteiger partial charge in [0.2, 0.25) is 5.91 Å². The lowest BCUT2D eigenvalue weighted by molar-refractivity contribution is -0.156. The van der Waals surface area contributed by atoms with Gasteiger partial charge in [0.15, 0.2) is 0 Å². The molecule has 0 saturated carbocycles. The molecule has 2 aliphatic heterocycles. The van der Waals surface area contributed by atoms with Gasteiger partial charge in [-0.2, -0.15) is 0 Å². The van der Waals surface area contributed by atoms with E-state index in [1.165, 1.54) is 0 Å². The van der Waals surface area contributed by atoms with Crippen molar-refractivity contribution in [3.05, 3.63) is 0 Å². The molecule has 0 aromatic carbocycles. The zero-order chi connectivity index (χ0) is 9.97. The largest absolute Gasteiger partial charge is 0.380 e. The van der Waals surface area contributed by atoms with Crippen molar-refractivity contribution in [2.24, 2.45) is 11.7 Å². The molecule has 0 spiro atoms. The molecule has 0 aliphatic carbocycles. The highest BCUT2D eigenvalue weighted by Crippen LogP contribution is 2.15. The van der Waals surface area contributed by atoms with Crippen LogP contribution in [0.1, 0.15) is 0 Å². The molecule has 2 fully saturated rings. The summed E-state index contributed by atoms with van der Waals surface area (Å²) < 4.78 is 10.4. The molecule has 2 heterocycles. The van der Waals surface area contributed by atoms with E-state index in [9.17, 15) is 4.79 Å². The van der Waals surface area contributed by atoms with Crippen LogP contribution in [0.5, 0.6) is 0 Å². The zero-order valence-electron chi connectivity index (χ0n) is 8.15. The van der Waals surface area contributed by atoms with E-state index < -0.39 is 0 Å². The second-order valence-electron chi connectivity index (χ2n) is 3.75. The van der Waals surface area contributed by atoms with Crippen LogP contribution in [0, 0.1) is 5.92 Å². The third kappa shape index (κ3) is 1.89. The van der Waals surface area contributed by atoms with Gasteiger partial charge >= 0.3 is 0 Å². The molecular weight excluding hydrogens is 184 g/mol. The van der Waals surface area contributed by atoms with E-state index in [-0.39, 0.29) is 17.9 Å². The Kier molecular flexibility index (Phi) is 3.00. The van der Waals surface area contributed by atoms with Crippen molar-refractivity contribution in [1.82, 2.24) is 4.90 Å². The van der Waals surface area contributed by atoms with E-state index in [2.05, 4.69) is 0 Å². The number of rotatable bonds is 2.